The van der Waals surface area contributed by atoms with Crippen molar-refractivity contribution in [1.82, 2.24) is 0 Å². The van der Waals surface area contributed by atoms with Crippen molar-refractivity contribution in [3.63, 3.8) is 0 Å². The van der Waals surface area contributed by atoms with E-state index >= 15 is 0 Å². The van der Waals surface area contributed by atoms with Gasteiger partial charge in [-0.2, -0.15) is 0 Å². The van der Waals surface area contributed by atoms with Crippen molar-refractivity contribution in [2.24, 2.45) is 5.41 Å². The molecule has 2 aliphatic heterocycles. The Labute approximate surface area is 111 Å². The van der Waals surface area contributed by atoms with Crippen LogP contribution in [0.2, 0.25) is 0 Å². The van der Waals surface area contributed by atoms with Crippen molar-refractivity contribution >= 4 is 25.7 Å². The summed E-state index contributed by atoms with van der Waals surface area (Å²) >= 11 is 0. The van der Waals surface area contributed by atoms with E-state index in [9.17, 15) is 13.2 Å². The van der Waals surface area contributed by atoms with Gasteiger partial charge in [0.1, 0.15) is 5.41 Å². The van der Waals surface area contributed by atoms with E-state index in [1.165, 1.54) is 0 Å². The molecule has 0 spiro atoms. The van der Waals surface area contributed by atoms with Gasteiger partial charge in [-0.3, -0.25) is 4.79 Å². The summed E-state index contributed by atoms with van der Waals surface area (Å²) in [5.74, 6) is -0.568. The highest BCUT2D eigenvalue weighted by molar-refractivity contribution is 8.13. The number of hydrogen-bond donors (Lipinski definition) is 0. The molecule has 1 aliphatic carbocycles. The van der Waals surface area contributed by atoms with Crippen LogP contribution in [0.3, 0.4) is 0 Å². The standard InChI is InChI=1S/C11H17ClO5S/c1-4-16-8(13)11-5-10(6-11,7-18(12,14)15)17-9(11,2)3/h4-7H2,1-3H3. The quantitative estimate of drug-likeness (QED) is 0.580. The maximum Gasteiger partial charge on any atom is 0.315 e. The minimum absolute atomic E-state index is 0.258. The van der Waals surface area contributed by atoms with Gasteiger partial charge in [-0.1, -0.05) is 0 Å². The fraction of sp³-hybridized carbons (Fsp3) is 0.909. The molecule has 3 fully saturated rings. The molecule has 0 aromatic heterocycles. The van der Waals surface area contributed by atoms with Gasteiger partial charge in [0, 0.05) is 10.7 Å². The summed E-state index contributed by atoms with van der Waals surface area (Å²) < 4.78 is 33.3. The van der Waals surface area contributed by atoms with Crippen LogP contribution >= 0.6 is 10.7 Å². The predicted octanol–water partition coefficient (Wildman–Crippen LogP) is 1.45. The molecule has 3 rings (SSSR count). The van der Waals surface area contributed by atoms with Crippen LogP contribution in [0.5, 0.6) is 0 Å². The molecule has 0 atom stereocenters. The molecule has 2 saturated heterocycles. The highest BCUT2D eigenvalue weighted by atomic mass is 35.7. The summed E-state index contributed by atoms with van der Waals surface area (Å²) in [5.41, 5.74) is -2.28. The number of esters is 1. The van der Waals surface area contributed by atoms with E-state index in [4.69, 9.17) is 20.2 Å². The molecule has 2 heterocycles. The van der Waals surface area contributed by atoms with E-state index < -0.39 is 25.7 Å². The van der Waals surface area contributed by atoms with Crippen molar-refractivity contribution < 1.29 is 22.7 Å². The first-order valence-electron chi connectivity index (χ1n) is 5.86. The summed E-state index contributed by atoms with van der Waals surface area (Å²) in [6, 6.07) is 0. The molecule has 0 aromatic rings. The second-order valence-electron chi connectivity index (χ2n) is 5.63. The number of ether oxygens (including phenoxy) is 2. The first kappa shape index (κ1) is 14.1. The van der Waals surface area contributed by atoms with Crippen molar-refractivity contribution in [2.45, 2.75) is 44.8 Å². The van der Waals surface area contributed by atoms with Gasteiger partial charge in [-0.05, 0) is 33.6 Å². The summed E-state index contributed by atoms with van der Waals surface area (Å²) in [7, 11) is 1.63. The Kier molecular flexibility index (Phi) is 3.00. The number of rotatable bonds is 4. The number of carbonyl (C=O) groups is 1. The lowest BCUT2D eigenvalue weighted by Crippen LogP contribution is -2.55. The van der Waals surface area contributed by atoms with Crippen LogP contribution in [0, 0.1) is 5.41 Å². The van der Waals surface area contributed by atoms with Crippen LogP contribution in [0.4, 0.5) is 0 Å². The average Bonchev–Trinajstić information content (AvgIpc) is 2.42. The third kappa shape index (κ3) is 1.94. The third-order valence-electron chi connectivity index (χ3n) is 3.97. The number of hydrogen-bond acceptors (Lipinski definition) is 5. The van der Waals surface area contributed by atoms with Crippen LogP contribution in [-0.2, 0) is 23.3 Å². The molecule has 104 valence electrons. The van der Waals surface area contributed by atoms with E-state index in [2.05, 4.69) is 0 Å². The molecule has 5 nitrogen and oxygen atoms in total. The van der Waals surface area contributed by atoms with E-state index in [1.807, 2.05) is 0 Å². The van der Waals surface area contributed by atoms with Crippen molar-refractivity contribution in [3.8, 4) is 0 Å². The monoisotopic (exact) mass is 296 g/mol. The Morgan fingerprint density at radius 2 is 1.94 bits per heavy atom. The van der Waals surface area contributed by atoms with Gasteiger partial charge in [-0.15, -0.1) is 0 Å². The lowest BCUT2D eigenvalue weighted by atomic mass is 9.57. The molecule has 3 aliphatic rings. The van der Waals surface area contributed by atoms with E-state index in [0.717, 1.165) is 0 Å². The van der Waals surface area contributed by atoms with Gasteiger partial charge in [0.15, 0.2) is 0 Å². The number of carbonyl (C=O) groups excluding carboxylic acids is 1. The fourth-order valence-electron chi connectivity index (χ4n) is 3.29. The number of halogens is 1. The van der Waals surface area contributed by atoms with E-state index in [1.54, 1.807) is 20.8 Å². The Bertz CT molecular complexity index is 476. The Balaban J connectivity index is 2.23. The molecule has 18 heavy (non-hydrogen) atoms. The Morgan fingerprint density at radius 1 is 1.39 bits per heavy atom. The molecule has 7 heteroatoms. The highest BCUT2D eigenvalue weighted by Gasteiger charge is 2.76. The highest BCUT2D eigenvalue weighted by Crippen LogP contribution is 2.67. The molecule has 0 radical (unpaired) electrons. The van der Waals surface area contributed by atoms with Crippen LogP contribution in [-0.4, -0.2) is 37.9 Å². The average molecular weight is 297 g/mol. The smallest absolute Gasteiger partial charge is 0.315 e. The maximum atomic E-state index is 12.0. The lowest BCUT2D eigenvalue weighted by molar-refractivity contribution is -0.163. The second-order valence-corrected chi connectivity index (χ2v) is 8.41. The molecule has 0 aromatic carbocycles. The SMILES string of the molecule is CCOC(=O)C12CC(CS(=O)(=O)Cl)(C1)OC2(C)C. The minimum Gasteiger partial charge on any atom is -0.465 e. The zero-order valence-electron chi connectivity index (χ0n) is 10.7. The first-order chi connectivity index (χ1) is 8.06. The minimum atomic E-state index is -3.65. The van der Waals surface area contributed by atoms with Crippen LogP contribution in [0.25, 0.3) is 0 Å². The molecule has 2 bridgehead atoms. The van der Waals surface area contributed by atoms with Crippen LogP contribution in [0.15, 0.2) is 0 Å². The summed E-state index contributed by atoms with van der Waals surface area (Å²) in [6.45, 7) is 5.63. The largest absolute Gasteiger partial charge is 0.465 e. The van der Waals surface area contributed by atoms with Gasteiger partial charge < -0.3 is 9.47 Å². The number of fused-ring (bicyclic) bond motifs is 1. The zero-order valence-corrected chi connectivity index (χ0v) is 12.2. The van der Waals surface area contributed by atoms with Crippen molar-refractivity contribution in [1.29, 1.82) is 0 Å². The predicted molar refractivity (Wildman–Crippen MR) is 65.8 cm³/mol. The van der Waals surface area contributed by atoms with Crippen LogP contribution < -0.4 is 0 Å². The Hall–Kier alpha value is -0.330. The van der Waals surface area contributed by atoms with Crippen molar-refractivity contribution in [3.05, 3.63) is 0 Å². The second kappa shape index (κ2) is 3.84. The van der Waals surface area contributed by atoms with Crippen molar-refractivity contribution in [2.75, 3.05) is 12.4 Å². The van der Waals surface area contributed by atoms with Gasteiger partial charge in [0.05, 0.1) is 23.6 Å². The zero-order chi connectivity index (χ0) is 13.8. The Morgan fingerprint density at radius 3 is 2.39 bits per heavy atom. The van der Waals surface area contributed by atoms with E-state index in [-0.39, 0.29) is 11.7 Å². The summed E-state index contributed by atoms with van der Waals surface area (Å²) in [4.78, 5) is 12.0. The molecular weight excluding hydrogens is 280 g/mol. The third-order valence-corrected chi connectivity index (χ3v) is 5.17. The molecular formula is C11H17ClO5S. The molecule has 0 unspecified atom stereocenters. The summed E-state index contributed by atoms with van der Waals surface area (Å²) in [6.07, 6.45) is 0.718. The maximum absolute atomic E-state index is 12.0. The first-order valence-corrected chi connectivity index (χ1v) is 8.33. The van der Waals surface area contributed by atoms with Gasteiger partial charge in [-0.25, -0.2) is 8.42 Å². The topological polar surface area (TPSA) is 69.7 Å². The molecule has 1 saturated carbocycles. The van der Waals surface area contributed by atoms with Gasteiger partial charge in [0.25, 0.3) is 0 Å². The van der Waals surface area contributed by atoms with Gasteiger partial charge >= 0.3 is 5.97 Å². The normalized spacial score (nSPS) is 37.1. The summed E-state index contributed by atoms with van der Waals surface area (Å²) in [5, 5.41) is 0. The fourth-order valence-corrected chi connectivity index (χ4v) is 4.78. The van der Waals surface area contributed by atoms with E-state index in [0.29, 0.717) is 19.4 Å². The molecule has 0 N–H and O–H groups in total. The van der Waals surface area contributed by atoms with Crippen LogP contribution in [0.1, 0.15) is 33.6 Å². The lowest BCUT2D eigenvalue weighted by Gasteiger charge is -2.43. The molecule has 0 amide bonds. The van der Waals surface area contributed by atoms with Gasteiger partial charge in [0.2, 0.25) is 9.05 Å².